The van der Waals surface area contributed by atoms with E-state index >= 15 is 0 Å². The molecule has 0 radical (unpaired) electrons. The van der Waals surface area contributed by atoms with Gasteiger partial charge in [0.1, 0.15) is 23.2 Å². The molecular formula is C33H31BClF3N6O11. The van der Waals surface area contributed by atoms with Crippen molar-refractivity contribution in [3.8, 4) is 23.0 Å². The molecule has 6 rings (SSSR count). The smallest absolute Gasteiger partial charge is 0.534 e. The number of carboxylic acid groups (broad SMARTS) is 1. The van der Waals surface area contributed by atoms with Crippen molar-refractivity contribution in [3.63, 3.8) is 0 Å². The SMILES string of the molecule is O=C(O)c1c(F)ccc2c1OB(O)[C@@H](NC(=O)[C@@H](NC(=O)N1CCN(C3CCN(C(=O)Nc4cccc(O)c4F)CC3)C1=O)c1cc(F)c(O)c(O)c1Cl)C2. The van der Waals surface area contributed by atoms with E-state index in [0.717, 1.165) is 17.0 Å². The van der Waals surface area contributed by atoms with E-state index in [1.807, 2.05) is 0 Å². The molecule has 2 saturated heterocycles. The topological polar surface area (TPSA) is 242 Å². The number of aromatic hydroxyl groups is 3. The lowest BCUT2D eigenvalue weighted by Crippen LogP contribution is -2.56. The minimum atomic E-state index is -1.99. The summed E-state index contributed by atoms with van der Waals surface area (Å²) in [5, 5.41) is 56.1. The van der Waals surface area contributed by atoms with Crippen molar-refractivity contribution in [1.82, 2.24) is 25.3 Å². The zero-order valence-corrected chi connectivity index (χ0v) is 29.0. The summed E-state index contributed by atoms with van der Waals surface area (Å²) in [6.45, 7) is 0.177. The van der Waals surface area contributed by atoms with Gasteiger partial charge in [0.25, 0.3) is 0 Å². The number of likely N-dealkylation sites (tertiary alicyclic amines) is 1. The number of aromatic carboxylic acids is 1. The monoisotopic (exact) mass is 790 g/mol. The number of carbonyl (C=O) groups excluding carboxylic acids is 4. The van der Waals surface area contributed by atoms with Crippen LogP contribution in [0, 0.1) is 17.5 Å². The Hall–Kier alpha value is -6.09. The molecule has 7 amide bonds. The van der Waals surface area contributed by atoms with Gasteiger partial charge in [-0.2, -0.15) is 0 Å². The van der Waals surface area contributed by atoms with Crippen LogP contribution in [0.1, 0.15) is 40.4 Å². The average Bonchev–Trinajstić information content (AvgIpc) is 3.54. The number of piperidine rings is 1. The Labute approximate surface area is 314 Å². The van der Waals surface area contributed by atoms with Crippen LogP contribution in [0.3, 0.4) is 0 Å². The van der Waals surface area contributed by atoms with Crippen LogP contribution < -0.4 is 20.6 Å². The predicted molar refractivity (Wildman–Crippen MR) is 184 cm³/mol. The molecule has 0 unspecified atom stereocenters. The van der Waals surface area contributed by atoms with E-state index in [2.05, 4.69) is 16.0 Å². The summed E-state index contributed by atoms with van der Waals surface area (Å²) in [7, 11) is -1.95. The normalized spacial score (nSPS) is 17.7. The van der Waals surface area contributed by atoms with E-state index in [0.29, 0.717) is 6.07 Å². The zero-order chi connectivity index (χ0) is 39.9. The lowest BCUT2D eigenvalue weighted by molar-refractivity contribution is -0.123. The molecule has 3 aliphatic rings. The van der Waals surface area contributed by atoms with Gasteiger partial charge in [0.15, 0.2) is 28.9 Å². The number of fused-ring (bicyclic) bond motifs is 1. The summed E-state index contributed by atoms with van der Waals surface area (Å²) in [6, 6.07) is 1.35. The Balaban J connectivity index is 1.15. The molecule has 3 heterocycles. The average molecular weight is 791 g/mol. The Morgan fingerprint density at radius 3 is 2.35 bits per heavy atom. The van der Waals surface area contributed by atoms with E-state index in [-0.39, 0.29) is 56.7 Å². The second-order valence-electron chi connectivity index (χ2n) is 12.8. The fourth-order valence-corrected chi connectivity index (χ4v) is 6.87. The van der Waals surface area contributed by atoms with Crippen molar-refractivity contribution >= 4 is 54.4 Å². The van der Waals surface area contributed by atoms with Crippen molar-refractivity contribution in [2.75, 3.05) is 31.5 Å². The van der Waals surface area contributed by atoms with Crippen molar-refractivity contribution in [3.05, 3.63) is 75.6 Å². The number of imide groups is 1. The van der Waals surface area contributed by atoms with Crippen LogP contribution >= 0.6 is 11.6 Å². The third kappa shape index (κ3) is 7.52. The fourth-order valence-electron chi connectivity index (χ4n) is 6.62. The molecule has 0 bridgehead atoms. The van der Waals surface area contributed by atoms with Gasteiger partial charge in [0.2, 0.25) is 5.91 Å². The number of amides is 7. The number of urea groups is 3. The maximum atomic E-state index is 14.7. The number of phenolic OH excluding ortho intramolecular Hbond substituents is 3. The lowest BCUT2D eigenvalue weighted by atomic mass is 9.72. The number of carbonyl (C=O) groups is 5. The van der Waals surface area contributed by atoms with Gasteiger partial charge >= 0.3 is 31.2 Å². The molecule has 0 spiro atoms. The molecule has 22 heteroatoms. The van der Waals surface area contributed by atoms with Crippen LogP contribution in [0.5, 0.6) is 23.0 Å². The van der Waals surface area contributed by atoms with Crippen LogP contribution in [-0.2, 0) is 11.2 Å². The van der Waals surface area contributed by atoms with E-state index in [4.69, 9.17) is 16.3 Å². The largest absolute Gasteiger partial charge is 0.547 e. The Bertz CT molecular complexity index is 2090. The van der Waals surface area contributed by atoms with Crippen LogP contribution in [0.4, 0.5) is 33.2 Å². The van der Waals surface area contributed by atoms with Gasteiger partial charge in [-0.15, -0.1) is 0 Å². The van der Waals surface area contributed by atoms with Gasteiger partial charge in [-0.1, -0.05) is 23.7 Å². The molecular weight excluding hydrogens is 760 g/mol. The van der Waals surface area contributed by atoms with Gasteiger partial charge < -0.3 is 55.9 Å². The minimum absolute atomic E-state index is 0.0494. The number of carboxylic acids is 1. The van der Waals surface area contributed by atoms with Gasteiger partial charge in [0, 0.05) is 37.8 Å². The summed E-state index contributed by atoms with van der Waals surface area (Å²) in [4.78, 5) is 68.8. The highest BCUT2D eigenvalue weighted by Crippen LogP contribution is 2.41. The zero-order valence-electron chi connectivity index (χ0n) is 28.3. The van der Waals surface area contributed by atoms with Crippen molar-refractivity contribution in [2.24, 2.45) is 0 Å². The van der Waals surface area contributed by atoms with Crippen molar-refractivity contribution in [2.45, 2.75) is 37.3 Å². The molecule has 0 saturated carbocycles. The Kier molecular flexibility index (Phi) is 10.8. The number of anilines is 1. The quantitative estimate of drug-likeness (QED) is 0.128. The van der Waals surface area contributed by atoms with E-state index in [1.54, 1.807) is 0 Å². The van der Waals surface area contributed by atoms with E-state index in [9.17, 15) is 62.6 Å². The van der Waals surface area contributed by atoms with E-state index in [1.165, 1.54) is 28.0 Å². The Morgan fingerprint density at radius 1 is 0.945 bits per heavy atom. The standard InChI is InChI=1S/C33H31BClF3N6O11/c35-23-16(13-18(37)26(46)27(23)47)25(29(48)40-21-12-14-4-5-17(36)22(30(49)50)28(14)55-34(21)54)41-32(52)44-11-10-43(33(44)53)15-6-8-42(9-7-15)31(51)39-19-2-1-3-20(45)24(19)38/h1-5,13,15,21,25,45-47,54H,6-12H2,(H,39,51)(H,40,48)(H,41,52)(H,49,50)/t21-,25-/m0/s1. The van der Waals surface area contributed by atoms with Gasteiger partial charge in [-0.05, 0) is 49.1 Å². The second kappa shape index (κ2) is 15.3. The predicted octanol–water partition coefficient (Wildman–Crippen LogP) is 2.90. The maximum Gasteiger partial charge on any atom is 0.547 e. The molecule has 55 heavy (non-hydrogen) atoms. The van der Waals surface area contributed by atoms with Crippen molar-refractivity contribution < 1.29 is 67.2 Å². The molecule has 8 N–H and O–H groups in total. The third-order valence-corrected chi connectivity index (χ3v) is 9.88. The van der Waals surface area contributed by atoms with E-state index < -0.39 is 112 Å². The van der Waals surface area contributed by atoms with Gasteiger partial charge in [0.05, 0.1) is 16.7 Å². The summed E-state index contributed by atoms with van der Waals surface area (Å²) in [5.41, 5.74) is -1.56. The van der Waals surface area contributed by atoms with Crippen molar-refractivity contribution in [1.29, 1.82) is 0 Å². The summed E-state index contributed by atoms with van der Waals surface area (Å²) >= 11 is 6.18. The highest BCUT2D eigenvalue weighted by Gasteiger charge is 2.43. The fraction of sp³-hybridized carbons (Fsp3) is 0.303. The van der Waals surface area contributed by atoms with Crippen LogP contribution in [0.15, 0.2) is 36.4 Å². The first-order valence-electron chi connectivity index (χ1n) is 16.6. The number of benzene rings is 3. The number of halogens is 4. The molecule has 290 valence electrons. The molecule has 17 nitrogen and oxygen atoms in total. The minimum Gasteiger partial charge on any atom is -0.534 e. The number of nitrogens with one attached hydrogen (secondary N) is 3. The highest BCUT2D eigenvalue weighted by molar-refractivity contribution is 6.47. The number of hydrogen-bond acceptors (Lipinski definition) is 10. The third-order valence-electron chi connectivity index (χ3n) is 9.49. The summed E-state index contributed by atoms with van der Waals surface area (Å²) in [6.07, 6.45) is 0.248. The van der Waals surface area contributed by atoms with Crippen LogP contribution in [-0.4, -0.2) is 115 Å². The number of phenols is 3. The maximum absolute atomic E-state index is 14.7. The first-order chi connectivity index (χ1) is 26.1. The molecule has 2 atom stereocenters. The first kappa shape index (κ1) is 38.6. The van der Waals surface area contributed by atoms with Gasteiger partial charge in [-0.3, -0.25) is 4.79 Å². The number of nitrogens with zero attached hydrogens (tertiary/aromatic N) is 3. The molecule has 0 aromatic heterocycles. The lowest BCUT2D eigenvalue weighted by Gasteiger charge is -2.36. The second-order valence-corrected chi connectivity index (χ2v) is 13.2. The molecule has 3 aromatic rings. The molecule has 2 fully saturated rings. The number of hydrogen-bond donors (Lipinski definition) is 8. The summed E-state index contributed by atoms with van der Waals surface area (Å²) in [5.74, 6) is -11.3. The van der Waals surface area contributed by atoms with Gasteiger partial charge in [-0.25, -0.2) is 37.2 Å². The molecule has 3 aromatic carbocycles. The molecule has 0 aliphatic carbocycles. The van der Waals surface area contributed by atoms with Crippen LogP contribution in [0.25, 0.3) is 0 Å². The summed E-state index contributed by atoms with van der Waals surface area (Å²) < 4.78 is 48.3. The molecule has 3 aliphatic heterocycles. The van der Waals surface area contributed by atoms with Crippen LogP contribution in [0.2, 0.25) is 5.02 Å². The Morgan fingerprint density at radius 2 is 1.65 bits per heavy atom. The number of rotatable bonds is 7. The first-order valence-corrected chi connectivity index (χ1v) is 17.0. The highest BCUT2D eigenvalue weighted by atomic mass is 35.5.